The van der Waals surface area contributed by atoms with Crippen LogP contribution in [0.3, 0.4) is 0 Å². The van der Waals surface area contributed by atoms with Crippen LogP contribution in [0.25, 0.3) is 22.3 Å². The summed E-state index contributed by atoms with van der Waals surface area (Å²) in [6, 6.07) is 10.1. The molecular formula is C30H36N6Na2O12S4. The maximum absolute atomic E-state index is 11.5. The fourth-order valence-electron chi connectivity index (χ4n) is 5.86. The van der Waals surface area contributed by atoms with E-state index in [4.69, 9.17) is 31.6 Å². The topological polar surface area (TPSA) is 282 Å². The standard InChI is InChI=1S/C15H17N3O5S.C15H19N3O3S.2Na.O4S2/c1-9-15(10(2)23-17-9)11-3-4-13(14(7-11)18(19)20)16-12-5-6-24(21,22)8-12;1-9-15(10(2)21-18-9)11-3-4-14(13(16)7-11)17-12-5-6-22(19,20)8-12;;;1-5(2)6(3)4/h3-4,7,12,16H,5-6,8H2,1-2H3;3-4,7,12,17H,5-6,8,16H2,1-2H3;;;/t2*12-;;;/m00.../s1. The van der Waals surface area contributed by atoms with Crippen molar-refractivity contribution in [2.24, 2.45) is 0 Å². The molecule has 2 atom stereocenters. The number of nitro benzene ring substituents is 1. The molecule has 2 fully saturated rings. The normalized spacial score (nSPS) is 17.8. The van der Waals surface area contributed by atoms with Crippen molar-refractivity contribution < 1.29 is 47.6 Å². The molecule has 2 saturated heterocycles. The van der Waals surface area contributed by atoms with Crippen molar-refractivity contribution in [3.8, 4) is 22.3 Å². The Balaban J connectivity index is 0.000000244. The predicted molar refractivity (Wildman–Crippen MR) is 205 cm³/mol. The van der Waals surface area contributed by atoms with Crippen molar-refractivity contribution in [2.45, 2.75) is 52.6 Å². The molecular weight excluding hydrogens is 811 g/mol. The van der Waals surface area contributed by atoms with Gasteiger partial charge in [0.25, 0.3) is 5.69 Å². The Morgan fingerprint density at radius 1 is 0.759 bits per heavy atom. The summed E-state index contributed by atoms with van der Waals surface area (Å²) >= 11 is 2.89. The van der Waals surface area contributed by atoms with Gasteiger partial charge in [0.05, 0.1) is 50.7 Å². The van der Waals surface area contributed by atoms with Crippen LogP contribution < -0.4 is 16.4 Å². The number of nitro groups is 1. The fraction of sp³-hybridized carbons (Fsp3) is 0.400. The summed E-state index contributed by atoms with van der Waals surface area (Å²) in [4.78, 5) is 10.9. The molecule has 2 aromatic heterocycles. The number of nitrogens with zero attached hydrogens (tertiary/aromatic N) is 3. The second kappa shape index (κ2) is 19.9. The van der Waals surface area contributed by atoms with E-state index in [-0.39, 0.29) is 40.8 Å². The van der Waals surface area contributed by atoms with Gasteiger partial charge in [-0.2, -0.15) is 16.8 Å². The molecule has 2 aliphatic heterocycles. The van der Waals surface area contributed by atoms with Crippen molar-refractivity contribution in [2.75, 3.05) is 39.4 Å². The van der Waals surface area contributed by atoms with E-state index >= 15 is 0 Å². The fourth-order valence-corrected chi connectivity index (χ4v) is 9.20. The predicted octanol–water partition coefficient (Wildman–Crippen LogP) is 2.50. The third kappa shape index (κ3) is 12.6. The number of benzene rings is 2. The molecule has 0 aliphatic carbocycles. The number of nitrogen functional groups attached to an aromatic ring is 1. The van der Waals surface area contributed by atoms with Crippen molar-refractivity contribution >= 4 is 105 Å². The molecule has 0 amide bonds. The summed E-state index contributed by atoms with van der Waals surface area (Å²) < 4.78 is 92.7. The summed E-state index contributed by atoms with van der Waals surface area (Å²) in [7, 11) is -11.9. The summed E-state index contributed by atoms with van der Waals surface area (Å²) in [6.07, 6.45) is 1.07. The quantitative estimate of drug-likeness (QED) is 0.104. The molecule has 4 N–H and O–H groups in total. The Morgan fingerprint density at radius 2 is 1.17 bits per heavy atom. The molecule has 6 rings (SSSR count). The molecule has 24 heteroatoms. The van der Waals surface area contributed by atoms with Gasteiger partial charge in [0.1, 0.15) is 17.2 Å². The monoisotopic (exact) mass is 846 g/mol. The van der Waals surface area contributed by atoms with E-state index in [0.717, 1.165) is 33.8 Å². The van der Waals surface area contributed by atoms with Crippen LogP contribution in [0.4, 0.5) is 22.7 Å². The second-order valence-electron chi connectivity index (χ2n) is 12.1. The van der Waals surface area contributed by atoms with Gasteiger partial charge in [-0.25, -0.2) is 16.8 Å². The van der Waals surface area contributed by atoms with Crippen LogP contribution in [0, 0.1) is 37.8 Å². The third-order valence-corrected chi connectivity index (χ3v) is 12.6. The Morgan fingerprint density at radius 3 is 1.50 bits per heavy atom. The van der Waals surface area contributed by atoms with E-state index in [9.17, 15) is 26.9 Å². The first-order chi connectivity index (χ1) is 25.3. The average Bonchev–Trinajstić information content (AvgIpc) is 3.84. The molecule has 18 nitrogen and oxygen atoms in total. The van der Waals surface area contributed by atoms with Gasteiger partial charge < -0.3 is 25.4 Å². The van der Waals surface area contributed by atoms with Gasteiger partial charge in [-0.15, -0.1) is 0 Å². The Hall–Kier alpha value is -2.80. The first kappa shape index (κ1) is 45.6. The van der Waals surface area contributed by atoms with Crippen LogP contribution in [0.15, 0.2) is 45.4 Å². The van der Waals surface area contributed by atoms with Crippen LogP contribution in [0.2, 0.25) is 0 Å². The van der Waals surface area contributed by atoms with Crippen molar-refractivity contribution in [1.82, 2.24) is 10.3 Å². The zero-order valence-corrected chi connectivity index (χ0v) is 37.6. The van der Waals surface area contributed by atoms with E-state index in [1.165, 1.54) is 49.7 Å². The number of hydrogen-bond acceptors (Lipinski definition) is 17. The Kier molecular flexibility index (Phi) is 16.8. The number of nitrogens with two attached hydrogens (primary N) is 1. The zero-order chi connectivity index (χ0) is 40.5. The second-order valence-corrected chi connectivity index (χ2v) is 19.0. The number of rotatable bonds is 7. The summed E-state index contributed by atoms with van der Waals surface area (Å²) in [5.41, 5.74) is 12.4. The van der Waals surface area contributed by atoms with E-state index in [2.05, 4.69) is 20.9 Å². The maximum atomic E-state index is 11.5. The van der Waals surface area contributed by atoms with Crippen LogP contribution in [0.1, 0.15) is 35.7 Å². The van der Waals surface area contributed by atoms with E-state index in [1.54, 1.807) is 26.0 Å². The molecule has 0 bridgehead atoms. The number of hydrogen-bond donors (Lipinski definition) is 3. The summed E-state index contributed by atoms with van der Waals surface area (Å²) in [6.45, 7) is 7.27. The van der Waals surface area contributed by atoms with Gasteiger partial charge in [0.2, 0.25) is 0 Å². The molecule has 4 heterocycles. The first-order valence-corrected chi connectivity index (χ1v) is 30.7. The van der Waals surface area contributed by atoms with Crippen molar-refractivity contribution in [3.63, 3.8) is 0 Å². The Labute approximate surface area is 342 Å². The van der Waals surface area contributed by atoms with Crippen molar-refractivity contribution in [1.29, 1.82) is 0 Å². The van der Waals surface area contributed by atoms with Crippen molar-refractivity contribution in [3.05, 3.63) is 69.4 Å². The number of aromatic nitrogens is 2. The van der Waals surface area contributed by atoms with Crippen LogP contribution in [0.5, 0.6) is 0 Å². The molecule has 2 aliphatic rings. The first-order valence-electron chi connectivity index (χ1n) is 16.4. The van der Waals surface area contributed by atoms with Crippen LogP contribution in [-0.2, 0) is 38.2 Å². The van der Waals surface area contributed by atoms with E-state index < -0.39 is 43.1 Å². The Bertz CT molecular complexity index is 2400. The van der Waals surface area contributed by atoms with Gasteiger partial charge in [-0.3, -0.25) is 10.1 Å². The molecule has 0 spiro atoms. The SMILES string of the molecule is Cc1noc(C)c1-c1ccc(N[C@H]2CCS(=O)(=O)C2)c(N)c1.Cc1noc(C)c1-c1ccc(N[C@H]2CCS(=O)(=O)C2)c([N+](=O)[O-])c1.O=S(=O)=S(=O)=O.[Na][Na]. The minimum absolute atomic E-state index is 0.00419. The molecule has 0 radical (unpaired) electrons. The number of aryl methyl sites for hydroxylation is 4. The number of nitrogens with one attached hydrogen (secondary N) is 2. The molecule has 4 aromatic rings. The van der Waals surface area contributed by atoms with Gasteiger partial charge in [0, 0.05) is 29.3 Å². The summed E-state index contributed by atoms with van der Waals surface area (Å²) in [5.74, 6) is 1.84. The van der Waals surface area contributed by atoms with E-state index in [1.807, 2.05) is 32.0 Å². The van der Waals surface area contributed by atoms with Crippen LogP contribution >= 0.6 is 0 Å². The van der Waals surface area contributed by atoms with Gasteiger partial charge in [0.15, 0.2) is 19.7 Å². The van der Waals surface area contributed by atoms with Gasteiger partial charge in [-0.1, -0.05) is 22.4 Å². The van der Waals surface area contributed by atoms with Gasteiger partial charge >= 0.3 is 62.1 Å². The molecule has 0 saturated carbocycles. The minimum atomic E-state index is -3.06. The average molecular weight is 847 g/mol. The third-order valence-electron chi connectivity index (χ3n) is 8.19. The van der Waals surface area contributed by atoms with E-state index in [0.29, 0.717) is 41.2 Å². The summed E-state index contributed by atoms with van der Waals surface area (Å²) in [5, 5.41) is 25.4. The van der Waals surface area contributed by atoms with Crippen LogP contribution in [-0.4, -0.2) is 128 Å². The molecule has 2 aromatic carbocycles. The van der Waals surface area contributed by atoms with Gasteiger partial charge in [-0.05, 0) is 69.9 Å². The molecule has 284 valence electrons. The molecule has 54 heavy (non-hydrogen) atoms. The number of anilines is 3. The zero-order valence-electron chi connectivity index (χ0n) is 30.3. The number of sulfone groups is 2. The molecule has 0 unspecified atom stereocenters.